The Kier molecular flexibility index (Phi) is 5.11. The van der Waals surface area contributed by atoms with Crippen LogP contribution in [0.4, 0.5) is 0 Å². The van der Waals surface area contributed by atoms with Crippen molar-refractivity contribution in [2.24, 2.45) is 0 Å². The van der Waals surface area contributed by atoms with Crippen LogP contribution in [0.25, 0.3) is 0 Å². The van der Waals surface area contributed by atoms with E-state index in [1.807, 2.05) is 6.07 Å². The lowest BCUT2D eigenvalue weighted by molar-refractivity contribution is 0.0895. The molecule has 2 heterocycles. The van der Waals surface area contributed by atoms with E-state index < -0.39 is 10.0 Å². The molecule has 26 heavy (non-hydrogen) atoms. The van der Waals surface area contributed by atoms with E-state index in [1.54, 1.807) is 25.1 Å². The van der Waals surface area contributed by atoms with Crippen LogP contribution in [-0.4, -0.2) is 37.8 Å². The predicted octanol–water partition coefficient (Wildman–Crippen LogP) is 2.04. The van der Waals surface area contributed by atoms with Crippen LogP contribution in [0.15, 0.2) is 45.9 Å². The van der Waals surface area contributed by atoms with Crippen molar-refractivity contribution in [2.75, 3.05) is 13.1 Å². The molecular weight excluding hydrogens is 354 g/mol. The quantitative estimate of drug-likeness (QED) is 0.883. The molecule has 0 bridgehead atoms. The van der Waals surface area contributed by atoms with E-state index in [-0.39, 0.29) is 22.6 Å². The van der Waals surface area contributed by atoms with Crippen molar-refractivity contribution in [3.8, 4) is 6.07 Å². The van der Waals surface area contributed by atoms with Crippen molar-refractivity contribution in [3.63, 3.8) is 0 Å². The fourth-order valence-electron chi connectivity index (χ4n) is 2.97. The third-order valence-corrected chi connectivity index (χ3v) is 6.35. The van der Waals surface area contributed by atoms with Gasteiger partial charge in [0.05, 0.1) is 22.8 Å². The molecule has 1 saturated heterocycles. The maximum absolute atomic E-state index is 12.7. The highest BCUT2D eigenvalue weighted by Gasteiger charge is 2.30. The second-order valence-electron chi connectivity index (χ2n) is 6.22. The molecular formula is C18H19N3O4S. The minimum absolute atomic E-state index is 0.108. The Labute approximate surface area is 152 Å². The zero-order valence-corrected chi connectivity index (χ0v) is 15.1. The molecule has 1 aromatic heterocycles. The van der Waals surface area contributed by atoms with Crippen LogP contribution in [0, 0.1) is 18.3 Å². The maximum atomic E-state index is 12.7. The zero-order valence-electron chi connectivity index (χ0n) is 14.3. The second-order valence-corrected chi connectivity index (χ2v) is 8.16. The monoisotopic (exact) mass is 373 g/mol. The Morgan fingerprint density at radius 3 is 2.65 bits per heavy atom. The van der Waals surface area contributed by atoms with Crippen molar-refractivity contribution in [1.82, 2.24) is 9.62 Å². The van der Waals surface area contributed by atoms with Gasteiger partial charge in [-0.05, 0) is 44.0 Å². The molecule has 1 amide bonds. The summed E-state index contributed by atoms with van der Waals surface area (Å²) in [5.41, 5.74) is 1.07. The number of sulfonamides is 1. The Bertz CT molecular complexity index is 951. The first-order chi connectivity index (χ1) is 12.4. The number of nitrogens with zero attached hydrogens (tertiary/aromatic N) is 2. The van der Waals surface area contributed by atoms with Crippen molar-refractivity contribution < 1.29 is 17.6 Å². The topological polar surface area (TPSA) is 103 Å². The summed E-state index contributed by atoms with van der Waals surface area (Å²) in [6, 6.07) is 9.56. The summed E-state index contributed by atoms with van der Waals surface area (Å²) < 4.78 is 32.0. The van der Waals surface area contributed by atoms with Gasteiger partial charge in [-0.15, -0.1) is 0 Å². The van der Waals surface area contributed by atoms with Gasteiger partial charge in [-0.2, -0.15) is 9.57 Å². The van der Waals surface area contributed by atoms with Gasteiger partial charge in [0.15, 0.2) is 5.76 Å². The standard InChI is InChI=1S/C18H19N3O4S/c1-13-7-10-25-17(13)18(22)20-15-5-8-21(9-6-15)26(23,24)16-4-2-3-14(11-16)12-19/h2-4,7,10-11,15H,5-6,8-9H2,1H3,(H,20,22). The van der Waals surface area contributed by atoms with E-state index in [9.17, 15) is 13.2 Å². The first-order valence-electron chi connectivity index (χ1n) is 8.27. The largest absolute Gasteiger partial charge is 0.459 e. The van der Waals surface area contributed by atoms with Gasteiger partial charge in [0, 0.05) is 24.7 Å². The average molecular weight is 373 g/mol. The highest BCUT2D eigenvalue weighted by molar-refractivity contribution is 7.89. The molecule has 1 N–H and O–H groups in total. The molecule has 1 aliphatic rings. The van der Waals surface area contributed by atoms with Gasteiger partial charge in [-0.25, -0.2) is 8.42 Å². The SMILES string of the molecule is Cc1ccoc1C(=O)NC1CCN(S(=O)(=O)c2cccc(C#N)c2)CC1. The first kappa shape index (κ1) is 18.2. The van der Waals surface area contributed by atoms with E-state index in [0.29, 0.717) is 31.5 Å². The number of hydrogen-bond donors (Lipinski definition) is 1. The van der Waals surface area contributed by atoms with Gasteiger partial charge >= 0.3 is 0 Å². The number of carbonyl (C=O) groups excluding carboxylic acids is 1. The fourth-order valence-corrected chi connectivity index (χ4v) is 4.49. The fraction of sp³-hybridized carbons (Fsp3) is 0.333. The number of piperidine rings is 1. The lowest BCUT2D eigenvalue weighted by atomic mass is 10.1. The maximum Gasteiger partial charge on any atom is 0.287 e. The minimum atomic E-state index is -3.65. The summed E-state index contributed by atoms with van der Waals surface area (Å²) in [4.78, 5) is 12.3. The molecule has 2 aromatic rings. The summed E-state index contributed by atoms with van der Waals surface area (Å²) in [6.07, 6.45) is 2.50. The zero-order chi connectivity index (χ0) is 18.7. The highest BCUT2D eigenvalue weighted by atomic mass is 32.2. The molecule has 0 aliphatic carbocycles. The van der Waals surface area contributed by atoms with Crippen molar-refractivity contribution in [2.45, 2.75) is 30.7 Å². The third-order valence-electron chi connectivity index (χ3n) is 4.46. The highest BCUT2D eigenvalue weighted by Crippen LogP contribution is 2.22. The van der Waals surface area contributed by atoms with Crippen LogP contribution in [0.3, 0.4) is 0 Å². The summed E-state index contributed by atoms with van der Waals surface area (Å²) in [6.45, 7) is 2.41. The number of furan rings is 1. The Morgan fingerprint density at radius 2 is 2.04 bits per heavy atom. The molecule has 1 aliphatic heterocycles. The lowest BCUT2D eigenvalue weighted by Crippen LogP contribution is -2.46. The lowest BCUT2D eigenvalue weighted by Gasteiger charge is -2.31. The van der Waals surface area contributed by atoms with Crippen molar-refractivity contribution in [1.29, 1.82) is 5.26 Å². The summed E-state index contributed by atoms with van der Waals surface area (Å²) >= 11 is 0. The van der Waals surface area contributed by atoms with E-state index in [4.69, 9.17) is 9.68 Å². The number of aryl methyl sites for hydroxylation is 1. The van der Waals surface area contributed by atoms with Gasteiger partial charge < -0.3 is 9.73 Å². The van der Waals surface area contributed by atoms with E-state index in [0.717, 1.165) is 5.56 Å². The molecule has 0 saturated carbocycles. The molecule has 8 heteroatoms. The summed E-state index contributed by atoms with van der Waals surface area (Å²) in [7, 11) is -3.65. The van der Waals surface area contributed by atoms with E-state index >= 15 is 0 Å². The van der Waals surface area contributed by atoms with Crippen LogP contribution in [-0.2, 0) is 10.0 Å². The van der Waals surface area contributed by atoms with Crippen LogP contribution < -0.4 is 5.32 Å². The molecule has 3 rings (SSSR count). The molecule has 1 fully saturated rings. The van der Waals surface area contributed by atoms with Crippen LogP contribution >= 0.6 is 0 Å². The molecule has 0 atom stereocenters. The molecule has 7 nitrogen and oxygen atoms in total. The number of hydrogen-bond acceptors (Lipinski definition) is 5. The van der Waals surface area contributed by atoms with Gasteiger partial charge in [0.1, 0.15) is 0 Å². The molecule has 1 aromatic carbocycles. The Morgan fingerprint density at radius 1 is 1.31 bits per heavy atom. The number of carbonyl (C=O) groups is 1. The number of amides is 1. The predicted molar refractivity (Wildman–Crippen MR) is 93.8 cm³/mol. The Hall–Kier alpha value is -2.63. The summed E-state index contributed by atoms with van der Waals surface area (Å²) in [5.74, 6) is 0.00361. The molecule has 136 valence electrons. The van der Waals surface area contributed by atoms with Gasteiger partial charge in [0.2, 0.25) is 10.0 Å². The number of rotatable bonds is 4. The smallest absolute Gasteiger partial charge is 0.287 e. The normalized spacial score (nSPS) is 16.2. The minimum Gasteiger partial charge on any atom is -0.459 e. The third kappa shape index (κ3) is 3.64. The van der Waals surface area contributed by atoms with Crippen LogP contribution in [0.1, 0.15) is 34.5 Å². The van der Waals surface area contributed by atoms with Gasteiger partial charge in [0.25, 0.3) is 5.91 Å². The van der Waals surface area contributed by atoms with E-state index in [1.165, 1.54) is 22.7 Å². The van der Waals surface area contributed by atoms with Gasteiger partial charge in [-0.3, -0.25) is 4.79 Å². The first-order valence-corrected chi connectivity index (χ1v) is 9.71. The van der Waals surface area contributed by atoms with Crippen molar-refractivity contribution in [3.05, 3.63) is 53.5 Å². The number of benzene rings is 1. The molecule has 0 radical (unpaired) electrons. The van der Waals surface area contributed by atoms with Crippen LogP contribution in [0.2, 0.25) is 0 Å². The Balaban J connectivity index is 1.63. The van der Waals surface area contributed by atoms with Crippen LogP contribution in [0.5, 0.6) is 0 Å². The van der Waals surface area contributed by atoms with E-state index in [2.05, 4.69) is 5.32 Å². The average Bonchev–Trinajstić information content (AvgIpc) is 3.08. The number of nitriles is 1. The second kappa shape index (κ2) is 7.32. The molecule has 0 unspecified atom stereocenters. The summed E-state index contributed by atoms with van der Waals surface area (Å²) in [5, 5.41) is 11.8. The number of nitrogens with one attached hydrogen (secondary N) is 1. The van der Waals surface area contributed by atoms with Crippen molar-refractivity contribution >= 4 is 15.9 Å². The van der Waals surface area contributed by atoms with Gasteiger partial charge in [-0.1, -0.05) is 6.07 Å². The molecule has 0 spiro atoms.